The highest BCUT2D eigenvalue weighted by Gasteiger charge is 2.31. The number of nitrogens with one attached hydrogen (secondary N) is 1. The largest absolute Gasteiger partial charge is 0.496 e. The third kappa shape index (κ3) is 5.48. The second kappa shape index (κ2) is 10.7. The van der Waals surface area contributed by atoms with Crippen molar-refractivity contribution in [3.05, 3.63) is 47.5 Å². The minimum atomic E-state index is -1.86. The van der Waals surface area contributed by atoms with Gasteiger partial charge in [-0.05, 0) is 24.3 Å². The van der Waals surface area contributed by atoms with Gasteiger partial charge in [-0.25, -0.2) is 0 Å². The molecule has 1 amide bonds. The van der Waals surface area contributed by atoms with Crippen LogP contribution in [0.15, 0.2) is 36.4 Å². The monoisotopic (exact) mass is 445 g/mol. The van der Waals surface area contributed by atoms with Gasteiger partial charge in [-0.15, -0.1) is 0 Å². The van der Waals surface area contributed by atoms with Crippen molar-refractivity contribution in [3.8, 4) is 23.0 Å². The highest BCUT2D eigenvalue weighted by Crippen LogP contribution is 2.35. The van der Waals surface area contributed by atoms with Crippen LogP contribution < -0.4 is 24.3 Å². The summed E-state index contributed by atoms with van der Waals surface area (Å²) >= 11 is 0. The molecule has 32 heavy (non-hydrogen) atoms. The number of rotatable bonds is 10. The summed E-state index contributed by atoms with van der Waals surface area (Å²) in [5.74, 6) is -4.10. The molecule has 0 bridgehead atoms. The third-order valence-electron chi connectivity index (χ3n) is 4.46. The second-order valence-electron chi connectivity index (χ2n) is 6.33. The number of carboxylic acid groups (broad SMARTS) is 2. The van der Waals surface area contributed by atoms with Crippen molar-refractivity contribution in [1.29, 1.82) is 0 Å². The fraction of sp³-hybridized carbons (Fsp3) is 0.227. The number of benzene rings is 2. The molecule has 10 heteroatoms. The Balaban J connectivity index is 2.33. The van der Waals surface area contributed by atoms with Gasteiger partial charge >= 0.3 is 11.9 Å². The summed E-state index contributed by atoms with van der Waals surface area (Å²) in [5.41, 5.74) is 0.586. The number of carbonyl (C=O) groups is 3. The quantitative estimate of drug-likeness (QED) is 0.372. The van der Waals surface area contributed by atoms with Gasteiger partial charge in [0, 0.05) is 29.5 Å². The minimum absolute atomic E-state index is 0.0704. The molecule has 3 N–H and O–H groups in total. The van der Waals surface area contributed by atoms with Gasteiger partial charge in [0.05, 0.1) is 34.0 Å². The number of aliphatic carboxylic acids is 2. The lowest BCUT2D eigenvalue weighted by Gasteiger charge is -2.14. The van der Waals surface area contributed by atoms with Crippen LogP contribution in [0.4, 0.5) is 5.69 Å². The summed E-state index contributed by atoms with van der Waals surface area (Å²) in [4.78, 5) is 35.2. The molecule has 0 saturated heterocycles. The van der Waals surface area contributed by atoms with Crippen molar-refractivity contribution in [1.82, 2.24) is 0 Å². The summed E-state index contributed by atoms with van der Waals surface area (Å²) in [6.45, 7) is 0. The predicted octanol–water partition coefficient (Wildman–Crippen LogP) is 2.63. The van der Waals surface area contributed by atoms with Crippen molar-refractivity contribution in [3.63, 3.8) is 0 Å². The summed E-state index contributed by atoms with van der Waals surface area (Å²) in [6.07, 6.45) is 2.71. The number of carboxylic acids is 2. The standard InChI is InChI=1S/C22H23NO9/c1-29-13-10-17(31-3)14(18(11-13)32-4)6-8-19(24)23-12-5-7-16(30-2)15(9-12)20(21(25)26)22(27)28/h5-11,20H,1-4H3,(H,23,24)(H,25,26)(H,27,28)/b8-6+. The lowest BCUT2D eigenvalue weighted by atomic mass is 9.97. The van der Waals surface area contributed by atoms with Crippen molar-refractivity contribution >= 4 is 29.6 Å². The molecular formula is C22H23NO9. The van der Waals surface area contributed by atoms with E-state index in [0.29, 0.717) is 22.8 Å². The van der Waals surface area contributed by atoms with Gasteiger partial charge < -0.3 is 34.5 Å². The van der Waals surface area contributed by atoms with Gasteiger partial charge in [-0.3, -0.25) is 14.4 Å². The molecule has 2 rings (SSSR count). The van der Waals surface area contributed by atoms with Crippen LogP contribution in [0.1, 0.15) is 17.0 Å². The van der Waals surface area contributed by atoms with Crippen molar-refractivity contribution in [2.24, 2.45) is 0 Å². The normalized spacial score (nSPS) is 10.7. The molecule has 0 spiro atoms. The Hall–Kier alpha value is -4.21. The Labute approximate surface area is 184 Å². The molecule has 10 nitrogen and oxygen atoms in total. The van der Waals surface area contributed by atoms with Crippen molar-refractivity contribution in [2.75, 3.05) is 33.8 Å². The first-order valence-electron chi connectivity index (χ1n) is 9.18. The van der Waals surface area contributed by atoms with E-state index in [4.69, 9.17) is 18.9 Å². The van der Waals surface area contributed by atoms with E-state index in [2.05, 4.69) is 5.32 Å². The summed E-state index contributed by atoms with van der Waals surface area (Å²) in [6, 6.07) is 7.35. The van der Waals surface area contributed by atoms with E-state index in [1.54, 1.807) is 12.1 Å². The third-order valence-corrected chi connectivity index (χ3v) is 4.46. The van der Waals surface area contributed by atoms with Gasteiger partial charge in [-0.2, -0.15) is 0 Å². The van der Waals surface area contributed by atoms with Crippen LogP contribution in [0.3, 0.4) is 0 Å². The van der Waals surface area contributed by atoms with Gasteiger partial charge in [0.25, 0.3) is 0 Å². The number of anilines is 1. The lowest BCUT2D eigenvalue weighted by Crippen LogP contribution is -2.22. The Bertz CT molecular complexity index is 1010. The smallest absolute Gasteiger partial charge is 0.322 e. The first-order chi connectivity index (χ1) is 15.2. The van der Waals surface area contributed by atoms with Crippen LogP contribution in [-0.2, 0) is 14.4 Å². The van der Waals surface area contributed by atoms with Crippen LogP contribution in [0.5, 0.6) is 23.0 Å². The number of methoxy groups -OCH3 is 4. The highest BCUT2D eigenvalue weighted by molar-refractivity contribution is 6.03. The summed E-state index contributed by atoms with van der Waals surface area (Å²) in [7, 11) is 5.72. The zero-order valence-electron chi connectivity index (χ0n) is 17.9. The Kier molecular flexibility index (Phi) is 8.05. The lowest BCUT2D eigenvalue weighted by molar-refractivity contribution is -0.150. The molecule has 0 aromatic heterocycles. The number of hydrogen-bond donors (Lipinski definition) is 3. The number of amides is 1. The first-order valence-corrected chi connectivity index (χ1v) is 9.18. The molecule has 0 radical (unpaired) electrons. The average molecular weight is 445 g/mol. The van der Waals surface area contributed by atoms with E-state index >= 15 is 0 Å². The van der Waals surface area contributed by atoms with E-state index in [-0.39, 0.29) is 17.0 Å². The van der Waals surface area contributed by atoms with Gasteiger partial charge in [0.1, 0.15) is 23.0 Å². The van der Waals surface area contributed by atoms with E-state index < -0.39 is 23.8 Å². The molecule has 2 aromatic rings. The van der Waals surface area contributed by atoms with Gasteiger partial charge in [0.2, 0.25) is 5.91 Å². The number of hydrogen-bond acceptors (Lipinski definition) is 7. The molecule has 0 aliphatic carbocycles. The van der Waals surface area contributed by atoms with Gasteiger partial charge in [0.15, 0.2) is 5.92 Å². The highest BCUT2D eigenvalue weighted by atomic mass is 16.5. The maximum Gasteiger partial charge on any atom is 0.322 e. The molecule has 0 heterocycles. The first kappa shape index (κ1) is 24.1. The molecule has 0 unspecified atom stereocenters. The maximum absolute atomic E-state index is 12.4. The van der Waals surface area contributed by atoms with Crippen molar-refractivity contribution in [2.45, 2.75) is 5.92 Å². The summed E-state index contributed by atoms with van der Waals surface area (Å²) in [5, 5.41) is 21.1. The van der Waals surface area contributed by atoms with Crippen LogP contribution in [0, 0.1) is 0 Å². The number of ether oxygens (including phenoxy) is 4. The zero-order chi connectivity index (χ0) is 23.8. The van der Waals surface area contributed by atoms with Gasteiger partial charge in [-0.1, -0.05) is 0 Å². The molecule has 0 fully saturated rings. The summed E-state index contributed by atoms with van der Waals surface area (Å²) < 4.78 is 20.9. The average Bonchev–Trinajstić information content (AvgIpc) is 2.76. The van der Waals surface area contributed by atoms with E-state index in [0.717, 1.165) is 0 Å². The molecule has 0 saturated carbocycles. The zero-order valence-corrected chi connectivity index (χ0v) is 17.9. The van der Waals surface area contributed by atoms with Crippen LogP contribution in [-0.4, -0.2) is 56.5 Å². The Morgan fingerprint density at radius 1 is 0.844 bits per heavy atom. The van der Waals surface area contributed by atoms with E-state index in [1.807, 2.05) is 0 Å². The molecule has 0 aliphatic rings. The molecule has 2 aromatic carbocycles. The fourth-order valence-corrected chi connectivity index (χ4v) is 2.95. The van der Waals surface area contributed by atoms with E-state index in [1.165, 1.54) is 58.8 Å². The molecule has 0 atom stereocenters. The molecule has 0 aliphatic heterocycles. The van der Waals surface area contributed by atoms with Crippen LogP contribution in [0.25, 0.3) is 6.08 Å². The molecule has 170 valence electrons. The Morgan fingerprint density at radius 3 is 1.88 bits per heavy atom. The number of carbonyl (C=O) groups excluding carboxylic acids is 1. The van der Waals surface area contributed by atoms with Crippen molar-refractivity contribution < 1.29 is 43.5 Å². The topological polar surface area (TPSA) is 141 Å². The van der Waals surface area contributed by atoms with Crippen LogP contribution >= 0.6 is 0 Å². The SMILES string of the molecule is COc1cc(OC)c(/C=C/C(=O)Nc2ccc(OC)c(C(C(=O)O)C(=O)O)c2)c(OC)c1. The van der Waals surface area contributed by atoms with Crippen LogP contribution in [0.2, 0.25) is 0 Å². The predicted molar refractivity (Wildman–Crippen MR) is 115 cm³/mol. The minimum Gasteiger partial charge on any atom is -0.496 e. The fourth-order valence-electron chi connectivity index (χ4n) is 2.95. The maximum atomic E-state index is 12.4. The molecular weight excluding hydrogens is 422 g/mol. The second-order valence-corrected chi connectivity index (χ2v) is 6.33. The Morgan fingerprint density at radius 2 is 1.41 bits per heavy atom. The van der Waals surface area contributed by atoms with E-state index in [9.17, 15) is 24.6 Å².